The maximum Gasteiger partial charge on any atom is 0.337 e. The summed E-state index contributed by atoms with van der Waals surface area (Å²) in [6.45, 7) is 1.98. The van der Waals surface area contributed by atoms with Crippen LogP contribution in [-0.4, -0.2) is 18.1 Å². The van der Waals surface area contributed by atoms with Gasteiger partial charge in [-0.2, -0.15) is 0 Å². The number of methoxy groups -OCH3 is 1. The Morgan fingerprint density at radius 1 is 1.05 bits per heavy atom. The Hall–Kier alpha value is -2.42. The summed E-state index contributed by atoms with van der Waals surface area (Å²) >= 11 is 0. The number of hydrogen-bond acceptors (Lipinski definition) is 3. The molecule has 0 aliphatic carbocycles. The lowest BCUT2D eigenvalue weighted by Gasteiger charge is -2.07. The van der Waals surface area contributed by atoms with Gasteiger partial charge in [-0.25, -0.2) is 4.79 Å². The average molecular weight is 251 g/mol. The minimum Gasteiger partial charge on any atom is -0.465 e. The highest BCUT2D eigenvalue weighted by Crippen LogP contribution is 2.26. The van der Waals surface area contributed by atoms with Crippen LogP contribution in [0.3, 0.4) is 0 Å². The summed E-state index contributed by atoms with van der Waals surface area (Å²) in [5.74, 6) is -0.338. The number of ether oxygens (including phenoxy) is 1. The lowest BCUT2D eigenvalue weighted by Crippen LogP contribution is -2.01. The van der Waals surface area contributed by atoms with E-state index in [1.165, 1.54) is 7.11 Å². The van der Waals surface area contributed by atoms with Gasteiger partial charge in [0.15, 0.2) is 0 Å². The van der Waals surface area contributed by atoms with Crippen LogP contribution in [0.15, 0.2) is 42.5 Å². The molecule has 0 aliphatic rings. The highest BCUT2D eigenvalue weighted by molar-refractivity contribution is 6.08. The number of esters is 1. The Morgan fingerprint density at radius 2 is 1.79 bits per heavy atom. The van der Waals surface area contributed by atoms with Gasteiger partial charge in [0.1, 0.15) is 0 Å². The Morgan fingerprint density at radius 3 is 2.53 bits per heavy atom. The second-order valence-corrected chi connectivity index (χ2v) is 4.47. The summed E-state index contributed by atoms with van der Waals surface area (Å²) in [5, 5.41) is 3.34. The normalized spacial score (nSPS) is 10.8. The summed E-state index contributed by atoms with van der Waals surface area (Å²) in [7, 11) is 1.38. The first-order valence-corrected chi connectivity index (χ1v) is 6.08. The standard InChI is InChI=1S/C16H13NO2/c1-10-12-5-3-4-6-13(12)14-8-7-11(16(18)19-2)9-15(14)17-10/h3-9H,1-2H3. The predicted molar refractivity (Wildman–Crippen MR) is 75.3 cm³/mol. The second-order valence-electron chi connectivity index (χ2n) is 4.47. The molecule has 3 heteroatoms. The van der Waals surface area contributed by atoms with Crippen LogP contribution in [0.5, 0.6) is 0 Å². The van der Waals surface area contributed by atoms with E-state index in [1.54, 1.807) is 12.1 Å². The van der Waals surface area contributed by atoms with Crippen LogP contribution in [0.25, 0.3) is 21.7 Å². The van der Waals surface area contributed by atoms with E-state index in [2.05, 4.69) is 17.1 Å². The van der Waals surface area contributed by atoms with Gasteiger partial charge in [-0.1, -0.05) is 30.3 Å². The molecule has 0 saturated heterocycles. The van der Waals surface area contributed by atoms with Crippen molar-refractivity contribution in [3.63, 3.8) is 0 Å². The summed E-state index contributed by atoms with van der Waals surface area (Å²) in [6, 6.07) is 13.6. The molecular weight excluding hydrogens is 238 g/mol. The van der Waals surface area contributed by atoms with Crippen LogP contribution in [0.1, 0.15) is 16.1 Å². The minimum atomic E-state index is -0.338. The maximum atomic E-state index is 11.6. The molecular formula is C16H13NO2. The zero-order chi connectivity index (χ0) is 13.4. The first-order valence-electron chi connectivity index (χ1n) is 6.08. The second kappa shape index (κ2) is 4.35. The monoisotopic (exact) mass is 251 g/mol. The number of rotatable bonds is 1. The SMILES string of the molecule is COC(=O)c1ccc2c(c1)nc(C)c1ccccc12. The van der Waals surface area contributed by atoms with Crippen molar-refractivity contribution in [1.29, 1.82) is 0 Å². The van der Waals surface area contributed by atoms with Crippen molar-refractivity contribution in [3.8, 4) is 0 Å². The Bertz CT molecular complexity index is 793. The van der Waals surface area contributed by atoms with E-state index >= 15 is 0 Å². The molecule has 0 fully saturated rings. The summed E-state index contributed by atoms with van der Waals surface area (Å²) < 4.78 is 4.74. The van der Waals surface area contributed by atoms with Crippen LogP contribution in [0.4, 0.5) is 0 Å². The van der Waals surface area contributed by atoms with E-state index in [4.69, 9.17) is 4.74 Å². The molecule has 0 bridgehead atoms. The summed E-state index contributed by atoms with van der Waals surface area (Å²) in [5.41, 5.74) is 2.31. The van der Waals surface area contributed by atoms with E-state index in [0.29, 0.717) is 5.56 Å². The van der Waals surface area contributed by atoms with Crippen molar-refractivity contribution in [2.45, 2.75) is 6.92 Å². The molecule has 0 aliphatic heterocycles. The number of pyridine rings is 1. The van der Waals surface area contributed by atoms with Gasteiger partial charge in [0, 0.05) is 16.5 Å². The summed E-state index contributed by atoms with van der Waals surface area (Å²) in [4.78, 5) is 16.1. The van der Waals surface area contributed by atoms with Crippen molar-refractivity contribution in [1.82, 2.24) is 4.98 Å². The Kier molecular flexibility index (Phi) is 2.67. The van der Waals surface area contributed by atoms with Crippen LogP contribution in [0.2, 0.25) is 0 Å². The minimum absolute atomic E-state index is 0.338. The largest absolute Gasteiger partial charge is 0.465 e. The molecule has 1 heterocycles. The lowest BCUT2D eigenvalue weighted by molar-refractivity contribution is 0.0601. The molecule has 0 N–H and O–H groups in total. The van der Waals surface area contributed by atoms with Gasteiger partial charge in [0.05, 0.1) is 18.2 Å². The quantitative estimate of drug-likeness (QED) is 0.491. The zero-order valence-corrected chi connectivity index (χ0v) is 10.8. The van der Waals surface area contributed by atoms with Crippen LogP contribution in [-0.2, 0) is 4.74 Å². The molecule has 3 aromatic rings. The first kappa shape index (κ1) is 11.7. The number of aromatic nitrogens is 1. The Labute approximate surface area is 110 Å². The average Bonchev–Trinajstić information content (AvgIpc) is 2.46. The van der Waals surface area contributed by atoms with Crippen LogP contribution < -0.4 is 0 Å². The fraction of sp³-hybridized carbons (Fsp3) is 0.125. The van der Waals surface area contributed by atoms with Gasteiger partial charge in [-0.3, -0.25) is 4.98 Å². The molecule has 0 radical (unpaired) electrons. The van der Waals surface area contributed by atoms with Gasteiger partial charge < -0.3 is 4.74 Å². The van der Waals surface area contributed by atoms with Gasteiger partial charge in [-0.15, -0.1) is 0 Å². The number of nitrogens with zero attached hydrogens (tertiary/aromatic N) is 1. The number of carbonyl (C=O) groups excluding carboxylic acids is 1. The highest BCUT2D eigenvalue weighted by Gasteiger charge is 2.09. The van der Waals surface area contributed by atoms with Gasteiger partial charge >= 0.3 is 5.97 Å². The zero-order valence-electron chi connectivity index (χ0n) is 10.8. The summed E-state index contributed by atoms with van der Waals surface area (Å²) in [6.07, 6.45) is 0. The number of aryl methyl sites for hydroxylation is 1. The fourth-order valence-electron chi connectivity index (χ4n) is 2.37. The van der Waals surface area contributed by atoms with E-state index in [-0.39, 0.29) is 5.97 Å². The topological polar surface area (TPSA) is 39.2 Å². The highest BCUT2D eigenvalue weighted by atomic mass is 16.5. The fourth-order valence-corrected chi connectivity index (χ4v) is 2.37. The molecule has 0 unspecified atom stereocenters. The van der Waals surface area contributed by atoms with Crippen molar-refractivity contribution in [2.75, 3.05) is 7.11 Å². The molecule has 2 aromatic carbocycles. The van der Waals surface area contributed by atoms with E-state index in [0.717, 1.165) is 27.4 Å². The number of carbonyl (C=O) groups is 1. The lowest BCUT2D eigenvalue weighted by atomic mass is 10.0. The maximum absolute atomic E-state index is 11.6. The first-order chi connectivity index (χ1) is 9.20. The smallest absolute Gasteiger partial charge is 0.337 e. The van der Waals surface area contributed by atoms with Crippen molar-refractivity contribution in [3.05, 3.63) is 53.7 Å². The molecule has 0 atom stereocenters. The van der Waals surface area contributed by atoms with Crippen molar-refractivity contribution >= 4 is 27.6 Å². The number of fused-ring (bicyclic) bond motifs is 3. The van der Waals surface area contributed by atoms with Gasteiger partial charge in [0.2, 0.25) is 0 Å². The number of benzene rings is 2. The molecule has 0 amide bonds. The van der Waals surface area contributed by atoms with Gasteiger partial charge in [-0.05, 0) is 24.4 Å². The molecule has 0 saturated carbocycles. The third-order valence-electron chi connectivity index (χ3n) is 3.31. The van der Waals surface area contributed by atoms with E-state index < -0.39 is 0 Å². The van der Waals surface area contributed by atoms with E-state index in [1.807, 2.05) is 25.1 Å². The molecule has 0 spiro atoms. The Balaban J connectivity index is 2.37. The molecule has 3 nitrogen and oxygen atoms in total. The number of hydrogen-bond donors (Lipinski definition) is 0. The van der Waals surface area contributed by atoms with Crippen LogP contribution in [0, 0.1) is 6.92 Å². The molecule has 1 aromatic heterocycles. The van der Waals surface area contributed by atoms with Crippen molar-refractivity contribution in [2.24, 2.45) is 0 Å². The third-order valence-corrected chi connectivity index (χ3v) is 3.31. The van der Waals surface area contributed by atoms with Crippen molar-refractivity contribution < 1.29 is 9.53 Å². The van der Waals surface area contributed by atoms with Crippen LogP contribution >= 0.6 is 0 Å². The predicted octanol–water partition coefficient (Wildman–Crippen LogP) is 3.48. The molecule has 94 valence electrons. The molecule has 3 rings (SSSR count). The van der Waals surface area contributed by atoms with Gasteiger partial charge in [0.25, 0.3) is 0 Å². The third kappa shape index (κ3) is 1.83. The van der Waals surface area contributed by atoms with E-state index in [9.17, 15) is 4.79 Å². The molecule has 19 heavy (non-hydrogen) atoms.